The zero-order chi connectivity index (χ0) is 14.6. The standard InChI is InChI=1S/C18H26O2/c1-18(2)12-11-16(17(19)20)15(13-18)10-6-9-14-7-4-3-5-8-14/h3-5,7-8,15-16H,6,9-13H2,1-2H3,(H,19,20). The molecule has 1 aliphatic carbocycles. The summed E-state index contributed by atoms with van der Waals surface area (Å²) in [5.74, 6) is -0.371. The third-order valence-corrected chi connectivity index (χ3v) is 4.72. The quantitative estimate of drug-likeness (QED) is 0.856. The number of benzene rings is 1. The summed E-state index contributed by atoms with van der Waals surface area (Å²) < 4.78 is 0. The lowest BCUT2D eigenvalue weighted by molar-refractivity contribution is -0.146. The van der Waals surface area contributed by atoms with Crippen molar-refractivity contribution in [1.82, 2.24) is 0 Å². The van der Waals surface area contributed by atoms with Gasteiger partial charge in [-0.3, -0.25) is 4.79 Å². The number of hydrogen-bond donors (Lipinski definition) is 1. The van der Waals surface area contributed by atoms with Crippen molar-refractivity contribution in [2.75, 3.05) is 0 Å². The predicted octanol–water partition coefficient (Wildman–Crippen LogP) is 4.54. The van der Waals surface area contributed by atoms with E-state index in [1.54, 1.807) is 0 Å². The third kappa shape index (κ3) is 4.09. The molecule has 20 heavy (non-hydrogen) atoms. The van der Waals surface area contributed by atoms with E-state index in [1.807, 2.05) is 6.07 Å². The van der Waals surface area contributed by atoms with Crippen LogP contribution in [0.1, 0.15) is 51.5 Å². The molecule has 1 saturated carbocycles. The molecule has 0 spiro atoms. The molecular weight excluding hydrogens is 248 g/mol. The highest BCUT2D eigenvalue weighted by Gasteiger charge is 2.37. The number of aliphatic carboxylic acids is 1. The number of rotatable bonds is 5. The van der Waals surface area contributed by atoms with Gasteiger partial charge in [0.1, 0.15) is 0 Å². The molecule has 2 atom stereocenters. The van der Waals surface area contributed by atoms with Gasteiger partial charge < -0.3 is 5.11 Å². The van der Waals surface area contributed by atoms with Crippen molar-refractivity contribution in [3.8, 4) is 0 Å². The minimum absolute atomic E-state index is 0.126. The smallest absolute Gasteiger partial charge is 0.306 e. The number of carboxylic acids is 1. The lowest BCUT2D eigenvalue weighted by Crippen LogP contribution is -2.34. The summed E-state index contributed by atoms with van der Waals surface area (Å²) in [4.78, 5) is 11.4. The van der Waals surface area contributed by atoms with Crippen molar-refractivity contribution in [1.29, 1.82) is 0 Å². The highest BCUT2D eigenvalue weighted by atomic mass is 16.4. The van der Waals surface area contributed by atoms with Gasteiger partial charge in [-0.15, -0.1) is 0 Å². The van der Waals surface area contributed by atoms with Gasteiger partial charge in [0.25, 0.3) is 0 Å². The van der Waals surface area contributed by atoms with E-state index in [9.17, 15) is 9.90 Å². The van der Waals surface area contributed by atoms with Crippen molar-refractivity contribution in [2.24, 2.45) is 17.3 Å². The van der Waals surface area contributed by atoms with Crippen LogP contribution >= 0.6 is 0 Å². The second kappa shape index (κ2) is 6.43. The number of carboxylic acid groups (broad SMARTS) is 1. The Balaban J connectivity index is 1.89. The maximum atomic E-state index is 11.4. The Kier molecular flexibility index (Phi) is 4.85. The minimum Gasteiger partial charge on any atom is -0.481 e. The number of hydrogen-bond acceptors (Lipinski definition) is 1. The Hall–Kier alpha value is -1.31. The summed E-state index contributed by atoms with van der Waals surface area (Å²) in [6.07, 6.45) is 6.13. The van der Waals surface area contributed by atoms with Crippen molar-refractivity contribution >= 4 is 5.97 Å². The topological polar surface area (TPSA) is 37.3 Å². The maximum absolute atomic E-state index is 11.4. The highest BCUT2D eigenvalue weighted by molar-refractivity contribution is 5.70. The van der Waals surface area contributed by atoms with E-state index in [-0.39, 0.29) is 5.92 Å². The van der Waals surface area contributed by atoms with Crippen LogP contribution in [0.2, 0.25) is 0 Å². The van der Waals surface area contributed by atoms with Gasteiger partial charge in [-0.25, -0.2) is 0 Å². The van der Waals surface area contributed by atoms with E-state index < -0.39 is 5.97 Å². The monoisotopic (exact) mass is 274 g/mol. The molecule has 1 aromatic carbocycles. The van der Waals surface area contributed by atoms with Crippen LogP contribution < -0.4 is 0 Å². The average Bonchev–Trinajstić information content (AvgIpc) is 2.38. The Morgan fingerprint density at radius 3 is 2.65 bits per heavy atom. The van der Waals surface area contributed by atoms with Crippen LogP contribution in [-0.2, 0) is 11.2 Å². The molecule has 0 amide bonds. The SMILES string of the molecule is CC1(C)CCC(C(=O)O)C(CCCc2ccccc2)C1. The molecule has 1 aromatic rings. The molecule has 110 valence electrons. The summed E-state index contributed by atoms with van der Waals surface area (Å²) in [5.41, 5.74) is 1.66. The Bertz CT molecular complexity index is 436. The summed E-state index contributed by atoms with van der Waals surface area (Å²) in [6, 6.07) is 10.5. The van der Waals surface area contributed by atoms with Crippen molar-refractivity contribution < 1.29 is 9.90 Å². The van der Waals surface area contributed by atoms with Crippen molar-refractivity contribution in [3.05, 3.63) is 35.9 Å². The van der Waals surface area contributed by atoms with Crippen LogP contribution in [0.3, 0.4) is 0 Å². The first kappa shape index (κ1) is 15.1. The molecule has 2 unspecified atom stereocenters. The van der Waals surface area contributed by atoms with E-state index in [0.29, 0.717) is 11.3 Å². The molecule has 0 bridgehead atoms. The van der Waals surface area contributed by atoms with Crippen LogP contribution in [0.4, 0.5) is 0 Å². The van der Waals surface area contributed by atoms with Gasteiger partial charge in [0.15, 0.2) is 0 Å². The summed E-state index contributed by atoms with van der Waals surface area (Å²) >= 11 is 0. The molecule has 0 aliphatic heterocycles. The lowest BCUT2D eigenvalue weighted by atomic mass is 9.66. The van der Waals surface area contributed by atoms with E-state index in [2.05, 4.69) is 38.1 Å². The van der Waals surface area contributed by atoms with Crippen LogP contribution in [0.15, 0.2) is 30.3 Å². The first-order valence-corrected chi connectivity index (χ1v) is 7.75. The maximum Gasteiger partial charge on any atom is 0.306 e. The predicted molar refractivity (Wildman–Crippen MR) is 81.6 cm³/mol. The first-order chi connectivity index (χ1) is 9.48. The van der Waals surface area contributed by atoms with Gasteiger partial charge in [0, 0.05) is 0 Å². The van der Waals surface area contributed by atoms with E-state index in [4.69, 9.17) is 0 Å². The van der Waals surface area contributed by atoms with E-state index >= 15 is 0 Å². The van der Waals surface area contributed by atoms with Gasteiger partial charge in [0.05, 0.1) is 5.92 Å². The lowest BCUT2D eigenvalue weighted by Gasteiger charge is -2.39. The molecule has 1 fully saturated rings. The molecule has 0 aromatic heterocycles. The fourth-order valence-electron chi connectivity index (χ4n) is 3.58. The Morgan fingerprint density at radius 2 is 2.00 bits per heavy atom. The molecule has 2 nitrogen and oxygen atoms in total. The fourth-order valence-corrected chi connectivity index (χ4v) is 3.58. The summed E-state index contributed by atoms with van der Waals surface area (Å²) in [7, 11) is 0. The number of aryl methyl sites for hydroxylation is 1. The van der Waals surface area contributed by atoms with Crippen LogP contribution in [0.25, 0.3) is 0 Å². The molecule has 2 rings (SSSR count). The Labute approximate surface area is 122 Å². The van der Waals surface area contributed by atoms with Gasteiger partial charge in [-0.2, -0.15) is 0 Å². The second-order valence-corrected chi connectivity index (χ2v) is 6.99. The van der Waals surface area contributed by atoms with Gasteiger partial charge in [0.2, 0.25) is 0 Å². The van der Waals surface area contributed by atoms with Gasteiger partial charge >= 0.3 is 5.97 Å². The fraction of sp³-hybridized carbons (Fsp3) is 0.611. The van der Waals surface area contributed by atoms with Crippen molar-refractivity contribution in [3.63, 3.8) is 0 Å². The zero-order valence-corrected chi connectivity index (χ0v) is 12.6. The second-order valence-electron chi connectivity index (χ2n) is 6.99. The molecular formula is C18H26O2. The molecule has 0 saturated heterocycles. The molecule has 0 radical (unpaired) electrons. The minimum atomic E-state index is -0.592. The van der Waals surface area contributed by atoms with Crippen LogP contribution in [0, 0.1) is 17.3 Å². The average molecular weight is 274 g/mol. The van der Waals surface area contributed by atoms with Gasteiger partial charge in [-0.1, -0.05) is 44.2 Å². The third-order valence-electron chi connectivity index (χ3n) is 4.72. The molecule has 2 heteroatoms. The first-order valence-electron chi connectivity index (χ1n) is 7.75. The summed E-state index contributed by atoms with van der Waals surface area (Å²) in [6.45, 7) is 4.55. The largest absolute Gasteiger partial charge is 0.481 e. The van der Waals surface area contributed by atoms with Gasteiger partial charge in [-0.05, 0) is 55.4 Å². The van der Waals surface area contributed by atoms with Crippen LogP contribution in [0.5, 0.6) is 0 Å². The zero-order valence-electron chi connectivity index (χ0n) is 12.6. The van der Waals surface area contributed by atoms with Crippen LogP contribution in [-0.4, -0.2) is 11.1 Å². The van der Waals surface area contributed by atoms with E-state index in [1.165, 1.54) is 5.56 Å². The molecule has 0 heterocycles. The Morgan fingerprint density at radius 1 is 1.30 bits per heavy atom. The molecule has 1 N–H and O–H groups in total. The number of carbonyl (C=O) groups is 1. The van der Waals surface area contributed by atoms with E-state index in [0.717, 1.165) is 38.5 Å². The highest BCUT2D eigenvalue weighted by Crippen LogP contribution is 2.43. The van der Waals surface area contributed by atoms with Crippen molar-refractivity contribution in [2.45, 2.75) is 52.4 Å². The normalized spacial score (nSPS) is 25.3. The summed E-state index contributed by atoms with van der Waals surface area (Å²) in [5, 5.41) is 9.40. The molecule has 1 aliphatic rings.